The van der Waals surface area contributed by atoms with Crippen molar-refractivity contribution in [2.24, 2.45) is 7.05 Å². The van der Waals surface area contributed by atoms with Gasteiger partial charge in [0.1, 0.15) is 5.58 Å². The van der Waals surface area contributed by atoms with Crippen LogP contribution in [0, 0.1) is 0 Å². The molecule has 0 aliphatic rings. The van der Waals surface area contributed by atoms with E-state index in [4.69, 9.17) is 4.42 Å². The fourth-order valence-corrected chi connectivity index (χ4v) is 2.47. The molecule has 0 aliphatic carbocycles. The average Bonchev–Trinajstić information content (AvgIpc) is 3.09. The summed E-state index contributed by atoms with van der Waals surface area (Å²) in [4.78, 5) is 1.49. The first-order chi connectivity index (χ1) is 10.3. The Morgan fingerprint density at radius 2 is 2.19 bits per heavy atom. The van der Waals surface area contributed by atoms with E-state index in [1.807, 2.05) is 24.5 Å². The standard InChI is InChI=1S/C15H19N5O/c1-3-8-16-13(9-15-17-19-20(2)18-15)12-10-21-14-7-5-4-6-11(12)14/h4-7,10,13,16H,3,8-9H2,1-2H3. The highest BCUT2D eigenvalue weighted by atomic mass is 16.3. The molecule has 0 saturated heterocycles. The third-order valence-electron chi connectivity index (χ3n) is 3.46. The topological polar surface area (TPSA) is 68.8 Å². The van der Waals surface area contributed by atoms with Gasteiger partial charge in [-0.3, -0.25) is 0 Å². The Kier molecular flexibility index (Phi) is 3.96. The van der Waals surface area contributed by atoms with Crippen LogP contribution in [-0.4, -0.2) is 26.8 Å². The predicted molar refractivity (Wildman–Crippen MR) is 79.8 cm³/mol. The predicted octanol–water partition coefficient (Wildman–Crippen LogP) is 2.24. The lowest BCUT2D eigenvalue weighted by Gasteiger charge is -2.15. The maximum Gasteiger partial charge on any atom is 0.176 e. The molecule has 1 atom stereocenters. The zero-order valence-corrected chi connectivity index (χ0v) is 12.3. The zero-order chi connectivity index (χ0) is 14.7. The summed E-state index contributed by atoms with van der Waals surface area (Å²) >= 11 is 0. The van der Waals surface area contributed by atoms with E-state index >= 15 is 0 Å². The molecular weight excluding hydrogens is 266 g/mol. The van der Waals surface area contributed by atoms with Gasteiger partial charge < -0.3 is 9.73 Å². The Hall–Kier alpha value is -2.21. The largest absolute Gasteiger partial charge is 0.464 e. The molecule has 1 unspecified atom stereocenters. The van der Waals surface area contributed by atoms with E-state index in [0.717, 1.165) is 35.3 Å². The maximum atomic E-state index is 5.65. The van der Waals surface area contributed by atoms with Crippen LogP contribution in [0.25, 0.3) is 11.0 Å². The van der Waals surface area contributed by atoms with Gasteiger partial charge in [0.15, 0.2) is 5.82 Å². The number of benzene rings is 1. The number of para-hydroxylation sites is 1. The van der Waals surface area contributed by atoms with Gasteiger partial charge in [-0.05, 0) is 24.2 Å². The third kappa shape index (κ3) is 2.95. The normalized spacial score (nSPS) is 12.9. The number of rotatable bonds is 6. The first-order valence-electron chi connectivity index (χ1n) is 7.20. The molecule has 6 heteroatoms. The number of hydrogen-bond acceptors (Lipinski definition) is 5. The lowest BCUT2D eigenvalue weighted by Crippen LogP contribution is -2.24. The summed E-state index contributed by atoms with van der Waals surface area (Å²) < 4.78 is 5.65. The number of nitrogens with one attached hydrogen (secondary N) is 1. The second-order valence-electron chi connectivity index (χ2n) is 5.09. The monoisotopic (exact) mass is 285 g/mol. The van der Waals surface area contributed by atoms with Crippen LogP contribution in [0.15, 0.2) is 34.9 Å². The molecule has 0 saturated carbocycles. The van der Waals surface area contributed by atoms with Gasteiger partial charge >= 0.3 is 0 Å². The van der Waals surface area contributed by atoms with Crippen molar-refractivity contribution >= 4 is 11.0 Å². The van der Waals surface area contributed by atoms with E-state index in [1.54, 1.807) is 7.05 Å². The molecule has 1 aromatic carbocycles. The molecule has 0 fully saturated rings. The Morgan fingerprint density at radius 3 is 2.95 bits per heavy atom. The number of aromatic nitrogens is 4. The van der Waals surface area contributed by atoms with Gasteiger partial charge in [-0.1, -0.05) is 25.1 Å². The number of aryl methyl sites for hydroxylation is 1. The van der Waals surface area contributed by atoms with E-state index in [-0.39, 0.29) is 6.04 Å². The molecule has 3 aromatic rings. The molecule has 0 aliphatic heterocycles. The second-order valence-corrected chi connectivity index (χ2v) is 5.09. The zero-order valence-electron chi connectivity index (χ0n) is 12.3. The fourth-order valence-electron chi connectivity index (χ4n) is 2.47. The van der Waals surface area contributed by atoms with Crippen molar-refractivity contribution in [3.8, 4) is 0 Å². The van der Waals surface area contributed by atoms with Crippen LogP contribution in [0.3, 0.4) is 0 Å². The molecule has 0 spiro atoms. The molecule has 2 heterocycles. The van der Waals surface area contributed by atoms with Crippen molar-refractivity contribution in [1.29, 1.82) is 0 Å². The summed E-state index contributed by atoms with van der Waals surface area (Å²) in [6, 6.07) is 8.19. The van der Waals surface area contributed by atoms with Crippen LogP contribution in [0.1, 0.15) is 30.8 Å². The van der Waals surface area contributed by atoms with Gasteiger partial charge in [0, 0.05) is 23.4 Å². The van der Waals surface area contributed by atoms with E-state index in [2.05, 4.69) is 33.7 Å². The van der Waals surface area contributed by atoms with Gasteiger partial charge in [-0.25, -0.2) is 0 Å². The van der Waals surface area contributed by atoms with Crippen LogP contribution in [-0.2, 0) is 13.5 Å². The number of nitrogens with zero attached hydrogens (tertiary/aromatic N) is 4. The molecule has 21 heavy (non-hydrogen) atoms. The number of hydrogen-bond donors (Lipinski definition) is 1. The molecule has 1 N–H and O–H groups in total. The van der Waals surface area contributed by atoms with E-state index in [1.165, 1.54) is 4.80 Å². The van der Waals surface area contributed by atoms with Crippen LogP contribution < -0.4 is 5.32 Å². The Labute approximate surface area is 123 Å². The van der Waals surface area contributed by atoms with Crippen molar-refractivity contribution in [2.75, 3.05) is 6.54 Å². The quantitative estimate of drug-likeness (QED) is 0.752. The van der Waals surface area contributed by atoms with Crippen molar-refractivity contribution in [3.05, 3.63) is 41.9 Å². The number of furan rings is 1. The first kappa shape index (κ1) is 13.8. The summed E-state index contributed by atoms with van der Waals surface area (Å²) in [6.07, 6.45) is 3.59. The maximum absolute atomic E-state index is 5.65. The van der Waals surface area contributed by atoms with E-state index in [0.29, 0.717) is 6.42 Å². The van der Waals surface area contributed by atoms with Crippen LogP contribution in [0.5, 0.6) is 0 Å². The molecule has 3 rings (SSSR count). The van der Waals surface area contributed by atoms with Gasteiger partial charge in [0.25, 0.3) is 0 Å². The molecular formula is C15H19N5O. The third-order valence-corrected chi connectivity index (χ3v) is 3.46. The van der Waals surface area contributed by atoms with Crippen molar-refractivity contribution in [1.82, 2.24) is 25.5 Å². The van der Waals surface area contributed by atoms with Crippen LogP contribution >= 0.6 is 0 Å². The molecule has 2 aromatic heterocycles. The van der Waals surface area contributed by atoms with E-state index in [9.17, 15) is 0 Å². The van der Waals surface area contributed by atoms with Gasteiger partial charge in [-0.2, -0.15) is 4.80 Å². The molecule has 0 radical (unpaired) electrons. The lowest BCUT2D eigenvalue weighted by molar-refractivity contribution is 0.508. The Morgan fingerprint density at radius 1 is 1.33 bits per heavy atom. The minimum absolute atomic E-state index is 0.123. The smallest absolute Gasteiger partial charge is 0.176 e. The highest BCUT2D eigenvalue weighted by molar-refractivity contribution is 5.81. The van der Waals surface area contributed by atoms with Crippen molar-refractivity contribution in [2.45, 2.75) is 25.8 Å². The summed E-state index contributed by atoms with van der Waals surface area (Å²) in [5.74, 6) is 0.733. The van der Waals surface area contributed by atoms with Crippen molar-refractivity contribution < 1.29 is 4.42 Å². The highest BCUT2D eigenvalue weighted by Crippen LogP contribution is 2.27. The Bertz CT molecular complexity index is 718. The van der Waals surface area contributed by atoms with Crippen LogP contribution in [0.2, 0.25) is 0 Å². The minimum atomic E-state index is 0.123. The molecule has 110 valence electrons. The first-order valence-corrected chi connectivity index (χ1v) is 7.20. The van der Waals surface area contributed by atoms with Crippen LogP contribution in [0.4, 0.5) is 0 Å². The Balaban J connectivity index is 1.91. The fraction of sp³-hybridized carbons (Fsp3) is 0.400. The van der Waals surface area contributed by atoms with Crippen molar-refractivity contribution in [3.63, 3.8) is 0 Å². The SMILES string of the molecule is CCCNC(Cc1nnn(C)n1)c1coc2ccccc12. The van der Waals surface area contributed by atoms with E-state index < -0.39 is 0 Å². The second kappa shape index (κ2) is 6.05. The number of tetrazole rings is 1. The van der Waals surface area contributed by atoms with Gasteiger partial charge in [0.05, 0.1) is 13.3 Å². The average molecular weight is 285 g/mol. The number of fused-ring (bicyclic) bond motifs is 1. The highest BCUT2D eigenvalue weighted by Gasteiger charge is 2.19. The lowest BCUT2D eigenvalue weighted by atomic mass is 10.0. The molecule has 0 amide bonds. The molecule has 6 nitrogen and oxygen atoms in total. The minimum Gasteiger partial charge on any atom is -0.464 e. The van der Waals surface area contributed by atoms with Gasteiger partial charge in [-0.15, -0.1) is 10.2 Å². The summed E-state index contributed by atoms with van der Waals surface area (Å²) in [6.45, 7) is 3.09. The van der Waals surface area contributed by atoms with Gasteiger partial charge in [0.2, 0.25) is 0 Å². The summed E-state index contributed by atoms with van der Waals surface area (Å²) in [5.41, 5.74) is 2.05. The molecule has 0 bridgehead atoms. The summed E-state index contributed by atoms with van der Waals surface area (Å²) in [5, 5.41) is 16.9. The summed E-state index contributed by atoms with van der Waals surface area (Å²) in [7, 11) is 1.78.